The minimum absolute atomic E-state index is 0.158. The highest BCUT2D eigenvalue weighted by molar-refractivity contribution is 7.99. The summed E-state index contributed by atoms with van der Waals surface area (Å²) in [4.78, 5) is 12.8. The monoisotopic (exact) mass is 306 g/mol. The zero-order valence-corrected chi connectivity index (χ0v) is 13.8. The van der Waals surface area contributed by atoms with E-state index < -0.39 is 0 Å². The van der Waals surface area contributed by atoms with Gasteiger partial charge in [-0.3, -0.25) is 4.57 Å². The summed E-state index contributed by atoms with van der Waals surface area (Å²) in [5.74, 6) is 0. The van der Waals surface area contributed by atoms with Crippen molar-refractivity contribution in [2.75, 3.05) is 0 Å². The highest BCUT2D eigenvalue weighted by Crippen LogP contribution is 2.29. The van der Waals surface area contributed by atoms with E-state index in [4.69, 9.17) is 0 Å². The lowest BCUT2D eigenvalue weighted by Crippen LogP contribution is -2.22. The van der Waals surface area contributed by atoms with Crippen molar-refractivity contribution in [2.24, 2.45) is 0 Å². The standard InChI is InChI=1S/C15H22N4OS/c1-5-19-14(20)17-18-15(19)21-13-7-6-11(4)8-12(13)9-16-10(2)3/h6-8,10,16H,5,9H2,1-4H3,(H,17,20). The molecule has 0 spiro atoms. The Morgan fingerprint density at radius 1 is 1.43 bits per heavy atom. The number of H-pyrrole nitrogens is 1. The van der Waals surface area contributed by atoms with Crippen LogP contribution in [0.5, 0.6) is 0 Å². The van der Waals surface area contributed by atoms with Gasteiger partial charge >= 0.3 is 5.69 Å². The molecule has 0 fully saturated rings. The van der Waals surface area contributed by atoms with Crippen LogP contribution in [0.1, 0.15) is 31.9 Å². The Kier molecular flexibility index (Phi) is 5.25. The lowest BCUT2D eigenvalue weighted by molar-refractivity contribution is 0.584. The zero-order valence-electron chi connectivity index (χ0n) is 12.9. The van der Waals surface area contributed by atoms with Gasteiger partial charge in [-0.1, -0.05) is 31.5 Å². The first-order valence-corrected chi connectivity index (χ1v) is 7.99. The lowest BCUT2D eigenvalue weighted by Gasteiger charge is -2.13. The lowest BCUT2D eigenvalue weighted by atomic mass is 10.1. The average molecular weight is 306 g/mol. The van der Waals surface area contributed by atoms with Gasteiger partial charge in [-0.2, -0.15) is 0 Å². The molecule has 1 aromatic carbocycles. The molecular formula is C15H22N4OS. The molecule has 0 aliphatic carbocycles. The molecule has 0 aliphatic rings. The summed E-state index contributed by atoms with van der Waals surface area (Å²) in [6.07, 6.45) is 0. The molecule has 0 saturated heterocycles. The smallest absolute Gasteiger partial charge is 0.310 e. The van der Waals surface area contributed by atoms with Gasteiger partial charge in [0.2, 0.25) is 0 Å². The van der Waals surface area contributed by atoms with Gasteiger partial charge in [0, 0.05) is 24.0 Å². The van der Waals surface area contributed by atoms with Crippen LogP contribution >= 0.6 is 11.8 Å². The Morgan fingerprint density at radius 3 is 2.86 bits per heavy atom. The fourth-order valence-electron chi connectivity index (χ4n) is 2.02. The van der Waals surface area contributed by atoms with Gasteiger partial charge in [-0.05, 0) is 37.2 Å². The topological polar surface area (TPSA) is 62.7 Å². The van der Waals surface area contributed by atoms with Gasteiger partial charge in [0.1, 0.15) is 0 Å². The van der Waals surface area contributed by atoms with E-state index in [1.54, 1.807) is 4.57 Å². The number of aryl methyl sites for hydroxylation is 1. The third-order valence-corrected chi connectivity index (χ3v) is 4.27. The van der Waals surface area contributed by atoms with Gasteiger partial charge in [-0.15, -0.1) is 5.10 Å². The second-order valence-electron chi connectivity index (χ2n) is 5.30. The Labute approximate surface area is 129 Å². The van der Waals surface area contributed by atoms with Crippen LogP contribution in [0.25, 0.3) is 0 Å². The summed E-state index contributed by atoms with van der Waals surface area (Å²) in [6, 6.07) is 6.79. The quantitative estimate of drug-likeness (QED) is 0.861. The molecule has 0 bridgehead atoms. The van der Waals surface area contributed by atoms with Gasteiger partial charge in [0.05, 0.1) is 0 Å². The molecule has 0 amide bonds. The fourth-order valence-corrected chi connectivity index (χ4v) is 3.03. The largest absolute Gasteiger partial charge is 0.343 e. The first kappa shape index (κ1) is 15.9. The third-order valence-electron chi connectivity index (χ3n) is 3.16. The van der Waals surface area contributed by atoms with Crippen molar-refractivity contribution in [3.63, 3.8) is 0 Å². The minimum atomic E-state index is -0.158. The van der Waals surface area contributed by atoms with Crippen molar-refractivity contribution >= 4 is 11.8 Å². The van der Waals surface area contributed by atoms with Crippen LogP contribution in [0.2, 0.25) is 0 Å². The van der Waals surface area contributed by atoms with Gasteiger partial charge < -0.3 is 5.32 Å². The van der Waals surface area contributed by atoms with E-state index in [0.29, 0.717) is 17.7 Å². The molecule has 1 aromatic heterocycles. The minimum Gasteiger partial charge on any atom is -0.310 e. The third kappa shape index (κ3) is 3.98. The van der Waals surface area contributed by atoms with Crippen LogP contribution in [0, 0.1) is 6.92 Å². The van der Waals surface area contributed by atoms with Crippen LogP contribution in [-0.2, 0) is 13.1 Å². The molecule has 0 radical (unpaired) electrons. The summed E-state index contributed by atoms with van der Waals surface area (Å²) < 4.78 is 1.64. The second kappa shape index (κ2) is 6.95. The zero-order chi connectivity index (χ0) is 15.4. The first-order chi connectivity index (χ1) is 10.0. The Bertz CT molecular complexity index is 660. The summed E-state index contributed by atoms with van der Waals surface area (Å²) >= 11 is 1.53. The number of hydrogen-bond acceptors (Lipinski definition) is 4. The maximum Gasteiger partial charge on any atom is 0.343 e. The number of aromatic amines is 1. The highest BCUT2D eigenvalue weighted by Gasteiger charge is 2.11. The van der Waals surface area contributed by atoms with Crippen LogP contribution in [0.4, 0.5) is 0 Å². The molecule has 2 rings (SSSR count). The molecule has 5 nitrogen and oxygen atoms in total. The van der Waals surface area contributed by atoms with Crippen molar-refractivity contribution in [1.82, 2.24) is 20.1 Å². The van der Waals surface area contributed by atoms with E-state index >= 15 is 0 Å². The van der Waals surface area contributed by atoms with E-state index in [1.165, 1.54) is 22.9 Å². The molecule has 2 N–H and O–H groups in total. The fraction of sp³-hybridized carbons (Fsp3) is 0.467. The SMILES string of the molecule is CCn1c(Sc2ccc(C)cc2CNC(C)C)n[nH]c1=O. The van der Waals surface area contributed by atoms with E-state index in [1.807, 2.05) is 6.92 Å². The Morgan fingerprint density at radius 2 is 2.19 bits per heavy atom. The first-order valence-electron chi connectivity index (χ1n) is 7.17. The Hall–Kier alpha value is -1.53. The number of hydrogen-bond donors (Lipinski definition) is 2. The van der Waals surface area contributed by atoms with Crippen molar-refractivity contribution < 1.29 is 0 Å². The van der Waals surface area contributed by atoms with E-state index in [2.05, 4.69) is 54.5 Å². The number of benzene rings is 1. The summed E-state index contributed by atoms with van der Waals surface area (Å²) in [6.45, 7) is 9.71. The van der Waals surface area contributed by atoms with Crippen LogP contribution in [0.3, 0.4) is 0 Å². The average Bonchev–Trinajstić information content (AvgIpc) is 2.79. The van der Waals surface area contributed by atoms with Crippen molar-refractivity contribution in [3.8, 4) is 0 Å². The van der Waals surface area contributed by atoms with Crippen molar-refractivity contribution in [1.29, 1.82) is 0 Å². The molecule has 114 valence electrons. The summed E-state index contributed by atoms with van der Waals surface area (Å²) in [7, 11) is 0. The van der Waals surface area contributed by atoms with Crippen LogP contribution < -0.4 is 11.0 Å². The molecule has 21 heavy (non-hydrogen) atoms. The molecule has 1 heterocycles. The summed E-state index contributed by atoms with van der Waals surface area (Å²) in [5.41, 5.74) is 2.30. The predicted molar refractivity (Wildman–Crippen MR) is 85.8 cm³/mol. The van der Waals surface area contributed by atoms with E-state index in [-0.39, 0.29) is 5.69 Å². The maximum absolute atomic E-state index is 11.6. The Balaban J connectivity index is 2.28. The van der Waals surface area contributed by atoms with E-state index in [9.17, 15) is 4.79 Å². The van der Waals surface area contributed by atoms with Crippen LogP contribution in [-0.4, -0.2) is 20.8 Å². The second-order valence-corrected chi connectivity index (χ2v) is 6.31. The predicted octanol–water partition coefficient (Wildman–Crippen LogP) is 2.55. The molecule has 0 unspecified atom stereocenters. The maximum atomic E-state index is 11.6. The van der Waals surface area contributed by atoms with Crippen molar-refractivity contribution in [3.05, 3.63) is 39.8 Å². The van der Waals surface area contributed by atoms with Gasteiger partial charge in [0.15, 0.2) is 5.16 Å². The molecule has 6 heteroatoms. The highest BCUT2D eigenvalue weighted by atomic mass is 32.2. The number of rotatable bonds is 6. The van der Waals surface area contributed by atoms with Crippen molar-refractivity contribution in [2.45, 2.75) is 56.9 Å². The number of aromatic nitrogens is 3. The van der Waals surface area contributed by atoms with E-state index in [0.717, 1.165) is 11.4 Å². The molecule has 0 aliphatic heterocycles. The number of nitrogens with zero attached hydrogens (tertiary/aromatic N) is 2. The van der Waals surface area contributed by atoms with Gasteiger partial charge in [-0.25, -0.2) is 9.89 Å². The molecular weight excluding hydrogens is 284 g/mol. The molecule has 0 atom stereocenters. The normalized spacial score (nSPS) is 11.3. The molecule has 0 saturated carbocycles. The summed E-state index contributed by atoms with van der Waals surface area (Å²) in [5, 5.41) is 10.8. The molecule has 2 aromatic rings. The number of nitrogens with one attached hydrogen (secondary N) is 2. The van der Waals surface area contributed by atoms with Gasteiger partial charge in [0.25, 0.3) is 0 Å². The van der Waals surface area contributed by atoms with Crippen LogP contribution in [0.15, 0.2) is 33.0 Å².